The first-order valence-corrected chi connectivity index (χ1v) is 0. The first-order chi connectivity index (χ1) is 0. The first-order valence-electron chi connectivity index (χ1n) is 0. The van der Waals surface area contributed by atoms with Crippen molar-refractivity contribution in [1.29, 1.82) is 0 Å². The van der Waals surface area contributed by atoms with Crippen LogP contribution < -0.4 is 0 Å². The largest absolute Gasteiger partial charge is 0.412 e. The first kappa shape index (κ1) is 137. The fraction of sp³-hybridized carbons (Fsp3) is 0. The Morgan fingerprint density at radius 3 is 0.375 bits per heavy atom. The third-order valence-corrected chi connectivity index (χ3v) is 0. The molecule has 0 saturated carbocycles. The van der Waals surface area contributed by atoms with E-state index >= 15 is 0 Å². The average molecular weight is 397 g/mol. The van der Waals surface area contributed by atoms with Gasteiger partial charge in [0.05, 0.1) is 0 Å². The summed E-state index contributed by atoms with van der Waals surface area (Å²) in [7, 11) is 0. The molecular weight excluding hydrogens is 389 g/mol. The molecule has 4 nitrogen and oxygen atoms in total. The van der Waals surface area contributed by atoms with E-state index in [1.54, 1.807) is 0 Å². The third-order valence-electron chi connectivity index (χ3n) is 0. The van der Waals surface area contributed by atoms with Crippen molar-refractivity contribution in [3.8, 4) is 0 Å². The number of hydrogen-bond acceptors (Lipinski definition) is 0. The SMILES string of the molecule is O.O.O.O.[Fe].[Fe].[Fe].[Gd]. The van der Waals surface area contributed by atoms with Gasteiger partial charge in [0, 0.05) is 91.1 Å². The minimum Gasteiger partial charge on any atom is -0.412 e. The van der Waals surface area contributed by atoms with E-state index in [1.165, 1.54) is 0 Å². The molecule has 8 heavy (non-hydrogen) atoms. The van der Waals surface area contributed by atoms with Crippen LogP contribution in [-0.2, 0) is 51.2 Å². The summed E-state index contributed by atoms with van der Waals surface area (Å²) in [5, 5.41) is 0. The summed E-state index contributed by atoms with van der Waals surface area (Å²) in [6.07, 6.45) is 0. The Kier molecular flexibility index (Phi) is 1710. The van der Waals surface area contributed by atoms with Crippen molar-refractivity contribution in [2.24, 2.45) is 0 Å². The van der Waals surface area contributed by atoms with Crippen molar-refractivity contribution in [2.45, 2.75) is 0 Å². The van der Waals surface area contributed by atoms with Crippen molar-refractivity contribution in [3.05, 3.63) is 0 Å². The van der Waals surface area contributed by atoms with Crippen LogP contribution in [0, 0.1) is 39.9 Å². The summed E-state index contributed by atoms with van der Waals surface area (Å²) in [4.78, 5) is 0. The monoisotopic (exact) mass is 398 g/mol. The maximum Gasteiger partial charge on any atom is 0 e. The van der Waals surface area contributed by atoms with E-state index in [9.17, 15) is 0 Å². The van der Waals surface area contributed by atoms with Gasteiger partial charge < -0.3 is 21.9 Å². The average Bonchev–Trinajstić information content (AvgIpc) is 0. The van der Waals surface area contributed by atoms with Crippen LogP contribution in [0.25, 0.3) is 0 Å². The van der Waals surface area contributed by atoms with Gasteiger partial charge in [-0.15, -0.1) is 0 Å². The van der Waals surface area contributed by atoms with Crippen LogP contribution in [0.5, 0.6) is 0 Å². The molecule has 64 valence electrons. The molecule has 0 aliphatic carbocycles. The second-order valence-corrected chi connectivity index (χ2v) is 0. The molecule has 0 bridgehead atoms. The molecule has 0 saturated heterocycles. The predicted molar refractivity (Wildman–Crippen MR) is 14.5 cm³/mol. The second-order valence-electron chi connectivity index (χ2n) is 0. The Morgan fingerprint density at radius 1 is 0.375 bits per heavy atom. The molecule has 0 aromatic heterocycles. The van der Waals surface area contributed by atoms with E-state index in [-0.39, 0.29) is 113 Å². The molecule has 8 heteroatoms. The van der Waals surface area contributed by atoms with Crippen LogP contribution in [0.4, 0.5) is 0 Å². The molecule has 0 fully saturated rings. The molecule has 0 amide bonds. The Bertz CT molecular complexity index is 11.2. The zero-order valence-corrected chi connectivity index (χ0v) is 9.00. The summed E-state index contributed by atoms with van der Waals surface area (Å²) in [5.74, 6) is 0. The van der Waals surface area contributed by atoms with E-state index in [2.05, 4.69) is 0 Å². The Hall–Kier alpha value is 2.72. The molecule has 0 aromatic carbocycles. The van der Waals surface area contributed by atoms with Crippen molar-refractivity contribution in [1.82, 2.24) is 0 Å². The van der Waals surface area contributed by atoms with Crippen molar-refractivity contribution in [3.63, 3.8) is 0 Å². The summed E-state index contributed by atoms with van der Waals surface area (Å²) in [6.45, 7) is 0. The summed E-state index contributed by atoms with van der Waals surface area (Å²) in [6, 6.07) is 0. The normalized spacial score (nSPS) is 0. The van der Waals surface area contributed by atoms with Crippen LogP contribution in [0.2, 0.25) is 0 Å². The van der Waals surface area contributed by atoms with Gasteiger partial charge in [-0.2, -0.15) is 0 Å². The molecule has 0 aromatic rings. The molecule has 0 unspecified atom stereocenters. The molecular formula is H8Fe3GdO4. The molecule has 0 rings (SSSR count). The molecule has 0 heterocycles. The number of rotatable bonds is 0. The fourth-order valence-corrected chi connectivity index (χ4v) is 0. The van der Waals surface area contributed by atoms with E-state index in [0.29, 0.717) is 0 Å². The predicted octanol–water partition coefficient (Wildman–Crippen LogP) is -3.31. The Labute approximate surface area is 111 Å². The maximum atomic E-state index is 0. The zero-order chi connectivity index (χ0) is 0. The van der Waals surface area contributed by atoms with E-state index in [4.69, 9.17) is 0 Å². The molecule has 0 aliphatic rings. The maximum absolute atomic E-state index is 0. The minimum absolute atomic E-state index is 0. The number of hydrogen-bond donors (Lipinski definition) is 0. The van der Waals surface area contributed by atoms with Crippen molar-refractivity contribution in [2.75, 3.05) is 0 Å². The summed E-state index contributed by atoms with van der Waals surface area (Å²) < 4.78 is 0. The van der Waals surface area contributed by atoms with Gasteiger partial charge in [0.15, 0.2) is 0 Å². The summed E-state index contributed by atoms with van der Waals surface area (Å²) >= 11 is 0. The molecule has 0 spiro atoms. The van der Waals surface area contributed by atoms with Gasteiger partial charge in [0.25, 0.3) is 0 Å². The molecule has 0 aliphatic heterocycles. The van der Waals surface area contributed by atoms with Crippen LogP contribution in [0.1, 0.15) is 0 Å². The van der Waals surface area contributed by atoms with Crippen molar-refractivity contribution >= 4 is 0 Å². The molecule has 0 radical (unpaired) electrons. The van der Waals surface area contributed by atoms with Crippen LogP contribution in [0.3, 0.4) is 0 Å². The van der Waals surface area contributed by atoms with E-state index in [0.717, 1.165) is 0 Å². The quantitative estimate of drug-likeness (QED) is 0.380. The van der Waals surface area contributed by atoms with Gasteiger partial charge in [-0.25, -0.2) is 0 Å². The fourth-order valence-electron chi connectivity index (χ4n) is 0. The van der Waals surface area contributed by atoms with Gasteiger partial charge >= 0.3 is 0 Å². The smallest absolute Gasteiger partial charge is 0 e. The second kappa shape index (κ2) is 99.8. The van der Waals surface area contributed by atoms with Gasteiger partial charge in [-0.1, -0.05) is 0 Å². The van der Waals surface area contributed by atoms with E-state index in [1.807, 2.05) is 0 Å². The van der Waals surface area contributed by atoms with Gasteiger partial charge in [-0.3, -0.25) is 0 Å². The van der Waals surface area contributed by atoms with Gasteiger partial charge in [0.1, 0.15) is 0 Å². The minimum atomic E-state index is 0. The molecule has 0 atom stereocenters. The third kappa shape index (κ3) is 70.2. The zero-order valence-electron chi connectivity index (χ0n) is 3.41. The standard InChI is InChI=1S/3Fe.Gd.4H2O/h;;;;4*1H2. The molecule has 8 N–H and O–H groups in total. The van der Waals surface area contributed by atoms with Crippen LogP contribution in [-0.4, -0.2) is 21.9 Å². The van der Waals surface area contributed by atoms with Crippen LogP contribution >= 0.6 is 0 Å². The van der Waals surface area contributed by atoms with Crippen LogP contribution in [0.15, 0.2) is 0 Å². The topological polar surface area (TPSA) is 126 Å². The Balaban J connectivity index is 0. The van der Waals surface area contributed by atoms with Gasteiger partial charge in [0.2, 0.25) is 0 Å². The Morgan fingerprint density at radius 2 is 0.375 bits per heavy atom. The summed E-state index contributed by atoms with van der Waals surface area (Å²) in [5.41, 5.74) is 0. The van der Waals surface area contributed by atoms with Crippen molar-refractivity contribution < 1.29 is 113 Å². The van der Waals surface area contributed by atoms with E-state index < -0.39 is 0 Å². The van der Waals surface area contributed by atoms with Gasteiger partial charge in [-0.05, 0) is 0 Å².